The molecule has 4 heteroatoms. The normalized spacial score (nSPS) is 9.64. The summed E-state index contributed by atoms with van der Waals surface area (Å²) in [4.78, 5) is 14.3. The molecule has 1 N–H and O–H groups in total. The van der Waals surface area contributed by atoms with Gasteiger partial charge >= 0.3 is 5.97 Å². The van der Waals surface area contributed by atoms with Gasteiger partial charge in [0.25, 0.3) is 0 Å². The van der Waals surface area contributed by atoms with Crippen LogP contribution in [0.3, 0.4) is 0 Å². The molecule has 0 fully saturated rings. The Kier molecular flexibility index (Phi) is 2.10. The zero-order valence-corrected chi connectivity index (χ0v) is 6.59. The van der Waals surface area contributed by atoms with Gasteiger partial charge in [-0.3, -0.25) is 4.98 Å². The maximum Gasteiger partial charge on any atom is 0.337 e. The van der Waals surface area contributed by atoms with E-state index in [2.05, 4.69) is 4.98 Å². The maximum atomic E-state index is 10.5. The standard InChI is InChI=1S/C7H6ClNO2/c1-4-6(8)5(7(10)11)2-3-9-4/h2-3H,1H3,(H,10,11). The third kappa shape index (κ3) is 1.49. The van der Waals surface area contributed by atoms with E-state index in [1.54, 1.807) is 6.92 Å². The molecule has 0 aliphatic heterocycles. The maximum absolute atomic E-state index is 10.5. The molecule has 0 saturated heterocycles. The Balaban J connectivity index is 3.27. The fraction of sp³-hybridized carbons (Fsp3) is 0.143. The number of hydrogen-bond acceptors (Lipinski definition) is 2. The topological polar surface area (TPSA) is 50.2 Å². The number of hydrogen-bond donors (Lipinski definition) is 1. The van der Waals surface area contributed by atoms with Crippen molar-refractivity contribution < 1.29 is 9.90 Å². The lowest BCUT2D eigenvalue weighted by molar-refractivity contribution is 0.0697. The first-order valence-electron chi connectivity index (χ1n) is 2.97. The minimum Gasteiger partial charge on any atom is -0.478 e. The van der Waals surface area contributed by atoms with Gasteiger partial charge in [-0.15, -0.1) is 0 Å². The van der Waals surface area contributed by atoms with Gasteiger partial charge in [-0.2, -0.15) is 0 Å². The highest BCUT2D eigenvalue weighted by Crippen LogP contribution is 2.17. The average molecular weight is 172 g/mol. The second-order valence-electron chi connectivity index (χ2n) is 2.06. The molecule has 58 valence electrons. The van der Waals surface area contributed by atoms with E-state index in [0.29, 0.717) is 5.69 Å². The highest BCUT2D eigenvalue weighted by atomic mass is 35.5. The van der Waals surface area contributed by atoms with Gasteiger partial charge in [0.05, 0.1) is 16.3 Å². The van der Waals surface area contributed by atoms with Gasteiger partial charge < -0.3 is 5.11 Å². The molecule has 0 aliphatic carbocycles. The van der Waals surface area contributed by atoms with Crippen molar-refractivity contribution in [3.63, 3.8) is 0 Å². The van der Waals surface area contributed by atoms with E-state index >= 15 is 0 Å². The van der Waals surface area contributed by atoms with Gasteiger partial charge in [0.15, 0.2) is 0 Å². The van der Waals surface area contributed by atoms with Gasteiger partial charge in [-0.05, 0) is 13.0 Å². The van der Waals surface area contributed by atoms with Gasteiger partial charge in [-0.1, -0.05) is 11.6 Å². The second-order valence-corrected chi connectivity index (χ2v) is 2.44. The summed E-state index contributed by atoms with van der Waals surface area (Å²) in [5, 5.41) is 8.79. The molecule has 1 heterocycles. The minimum atomic E-state index is -1.03. The highest BCUT2D eigenvalue weighted by molar-refractivity contribution is 6.34. The Labute approximate surface area is 68.6 Å². The Hall–Kier alpha value is -1.09. The van der Waals surface area contributed by atoms with Crippen LogP contribution in [0, 0.1) is 6.92 Å². The summed E-state index contributed by atoms with van der Waals surface area (Å²) < 4.78 is 0. The van der Waals surface area contributed by atoms with Gasteiger partial charge in [0.1, 0.15) is 0 Å². The molecule has 0 amide bonds. The molecular weight excluding hydrogens is 166 g/mol. The summed E-state index contributed by atoms with van der Waals surface area (Å²) in [6.07, 6.45) is 1.42. The van der Waals surface area contributed by atoms with Crippen LogP contribution in [0.5, 0.6) is 0 Å². The van der Waals surface area contributed by atoms with Crippen molar-refractivity contribution in [1.29, 1.82) is 0 Å². The Morgan fingerprint density at radius 2 is 2.36 bits per heavy atom. The molecule has 1 aromatic heterocycles. The molecule has 0 radical (unpaired) electrons. The summed E-state index contributed by atoms with van der Waals surface area (Å²) in [6.45, 7) is 1.66. The van der Waals surface area contributed by atoms with Crippen molar-refractivity contribution >= 4 is 17.6 Å². The number of aryl methyl sites for hydroxylation is 1. The molecule has 0 spiro atoms. The van der Waals surface area contributed by atoms with E-state index in [1.165, 1.54) is 12.3 Å². The molecule has 0 aliphatic rings. The lowest BCUT2D eigenvalue weighted by atomic mass is 10.2. The molecule has 0 unspecified atom stereocenters. The van der Waals surface area contributed by atoms with Crippen LogP contribution in [0.15, 0.2) is 12.3 Å². The second kappa shape index (κ2) is 2.88. The van der Waals surface area contributed by atoms with Crippen LogP contribution in [0.4, 0.5) is 0 Å². The number of halogens is 1. The molecule has 1 aromatic rings. The lowest BCUT2D eigenvalue weighted by Gasteiger charge is -1.99. The third-order valence-corrected chi connectivity index (χ3v) is 1.77. The Bertz CT molecular complexity index is 298. The lowest BCUT2D eigenvalue weighted by Crippen LogP contribution is -1.99. The van der Waals surface area contributed by atoms with Crippen molar-refractivity contribution in [2.75, 3.05) is 0 Å². The minimum absolute atomic E-state index is 0.0965. The van der Waals surface area contributed by atoms with E-state index in [0.717, 1.165) is 0 Å². The average Bonchev–Trinajstić information content (AvgIpc) is 1.94. The van der Waals surface area contributed by atoms with E-state index in [9.17, 15) is 4.79 Å². The number of aromatic carboxylic acids is 1. The van der Waals surface area contributed by atoms with Crippen LogP contribution >= 0.6 is 11.6 Å². The number of rotatable bonds is 1. The van der Waals surface area contributed by atoms with E-state index in [-0.39, 0.29) is 10.6 Å². The smallest absolute Gasteiger partial charge is 0.337 e. The Morgan fingerprint density at radius 1 is 1.73 bits per heavy atom. The molecule has 0 saturated carbocycles. The summed E-state index contributed by atoms with van der Waals surface area (Å²) in [6, 6.07) is 1.37. The predicted molar refractivity (Wildman–Crippen MR) is 40.9 cm³/mol. The van der Waals surface area contributed by atoms with Crippen molar-refractivity contribution in [2.24, 2.45) is 0 Å². The Morgan fingerprint density at radius 3 is 2.82 bits per heavy atom. The molecular formula is C7H6ClNO2. The van der Waals surface area contributed by atoms with Crippen LogP contribution in [0.25, 0.3) is 0 Å². The van der Waals surface area contributed by atoms with Gasteiger partial charge in [-0.25, -0.2) is 4.79 Å². The molecule has 1 rings (SSSR count). The first-order valence-corrected chi connectivity index (χ1v) is 3.35. The molecule has 0 bridgehead atoms. The van der Waals surface area contributed by atoms with Crippen LogP contribution in [-0.2, 0) is 0 Å². The SMILES string of the molecule is Cc1nccc(C(=O)O)c1Cl. The highest BCUT2D eigenvalue weighted by Gasteiger charge is 2.09. The van der Waals surface area contributed by atoms with Gasteiger partial charge in [0, 0.05) is 6.20 Å². The predicted octanol–water partition coefficient (Wildman–Crippen LogP) is 1.74. The summed E-state index contributed by atoms with van der Waals surface area (Å²) >= 11 is 5.64. The van der Waals surface area contributed by atoms with Crippen molar-refractivity contribution in [1.82, 2.24) is 4.98 Å². The molecule has 11 heavy (non-hydrogen) atoms. The molecule has 0 aromatic carbocycles. The van der Waals surface area contributed by atoms with Crippen molar-refractivity contribution in [3.05, 3.63) is 28.5 Å². The molecule has 0 atom stereocenters. The number of nitrogens with zero attached hydrogens (tertiary/aromatic N) is 1. The zero-order chi connectivity index (χ0) is 8.43. The molecule has 3 nitrogen and oxygen atoms in total. The first-order chi connectivity index (χ1) is 5.13. The van der Waals surface area contributed by atoms with Crippen LogP contribution in [0.2, 0.25) is 5.02 Å². The largest absolute Gasteiger partial charge is 0.478 e. The number of pyridine rings is 1. The van der Waals surface area contributed by atoms with E-state index in [4.69, 9.17) is 16.7 Å². The zero-order valence-electron chi connectivity index (χ0n) is 5.84. The third-order valence-electron chi connectivity index (χ3n) is 1.29. The summed E-state index contributed by atoms with van der Waals surface area (Å²) in [7, 11) is 0. The fourth-order valence-corrected chi connectivity index (χ4v) is 0.906. The first kappa shape index (κ1) is 8.01. The monoisotopic (exact) mass is 171 g/mol. The van der Waals surface area contributed by atoms with Crippen LogP contribution in [0.1, 0.15) is 16.1 Å². The fourth-order valence-electron chi connectivity index (χ4n) is 0.714. The van der Waals surface area contributed by atoms with E-state index < -0.39 is 5.97 Å². The number of carboxylic acid groups (broad SMARTS) is 1. The summed E-state index contributed by atoms with van der Waals surface area (Å²) in [5.41, 5.74) is 0.630. The quantitative estimate of drug-likeness (QED) is 0.700. The number of carbonyl (C=O) groups is 1. The number of aromatic nitrogens is 1. The van der Waals surface area contributed by atoms with Crippen molar-refractivity contribution in [3.8, 4) is 0 Å². The van der Waals surface area contributed by atoms with Crippen LogP contribution in [-0.4, -0.2) is 16.1 Å². The number of carboxylic acids is 1. The summed E-state index contributed by atoms with van der Waals surface area (Å²) in [5.74, 6) is -1.03. The van der Waals surface area contributed by atoms with Gasteiger partial charge in [0.2, 0.25) is 0 Å². The van der Waals surface area contributed by atoms with Crippen LogP contribution < -0.4 is 0 Å². The van der Waals surface area contributed by atoms with Crippen molar-refractivity contribution in [2.45, 2.75) is 6.92 Å². The van der Waals surface area contributed by atoms with E-state index in [1.807, 2.05) is 0 Å².